The first-order valence-electron chi connectivity index (χ1n) is 11.7. The van der Waals surface area contributed by atoms with E-state index in [1.54, 1.807) is 18.2 Å². The van der Waals surface area contributed by atoms with E-state index in [2.05, 4.69) is 11.8 Å². The number of rotatable bonds is 7. The highest BCUT2D eigenvalue weighted by Gasteiger charge is 2.32. The molecular formula is C28H28FNO4. The lowest BCUT2D eigenvalue weighted by atomic mass is 9.90. The Hall–Kier alpha value is -3.51. The minimum atomic E-state index is -0.722. The number of fused-ring (bicyclic) bond motifs is 1. The molecule has 6 heteroatoms. The van der Waals surface area contributed by atoms with Gasteiger partial charge in [-0.3, -0.25) is 4.90 Å². The number of hydrogen-bond donors (Lipinski definition) is 2. The van der Waals surface area contributed by atoms with E-state index in [0.717, 1.165) is 36.9 Å². The van der Waals surface area contributed by atoms with Crippen LogP contribution in [0.25, 0.3) is 11.4 Å². The van der Waals surface area contributed by atoms with Crippen LogP contribution in [-0.2, 0) is 0 Å². The Balaban J connectivity index is 1.38. The summed E-state index contributed by atoms with van der Waals surface area (Å²) in [6, 6.07) is 18.3. The minimum absolute atomic E-state index is 0.0365. The molecule has 5 rings (SSSR count). The highest BCUT2D eigenvalue weighted by Crippen LogP contribution is 2.48. The molecule has 0 aliphatic carbocycles. The predicted octanol–water partition coefficient (Wildman–Crippen LogP) is 5.79. The molecule has 34 heavy (non-hydrogen) atoms. The SMILES string of the molecule is CCC1CN(CCOc2ccc(C3Oc4ccc(O)cc4C(F)=C3c3cccc(O)c3)cc2)C1. The molecule has 1 unspecified atom stereocenters. The van der Waals surface area contributed by atoms with Crippen molar-refractivity contribution in [1.82, 2.24) is 4.90 Å². The van der Waals surface area contributed by atoms with Crippen LogP contribution in [-0.4, -0.2) is 41.4 Å². The van der Waals surface area contributed by atoms with Crippen LogP contribution in [0.1, 0.15) is 36.1 Å². The van der Waals surface area contributed by atoms with Crippen molar-refractivity contribution in [2.75, 3.05) is 26.2 Å². The van der Waals surface area contributed by atoms with E-state index < -0.39 is 11.9 Å². The quantitative estimate of drug-likeness (QED) is 0.466. The van der Waals surface area contributed by atoms with Crippen molar-refractivity contribution in [2.45, 2.75) is 19.4 Å². The van der Waals surface area contributed by atoms with Crippen molar-refractivity contribution in [3.05, 3.63) is 83.4 Å². The van der Waals surface area contributed by atoms with Crippen molar-refractivity contribution in [2.24, 2.45) is 5.92 Å². The largest absolute Gasteiger partial charge is 0.508 e. The van der Waals surface area contributed by atoms with E-state index >= 15 is 4.39 Å². The standard InChI is InChI=1S/C28H28FNO4/c1-2-18-16-30(17-18)12-13-33-23-9-6-19(7-10-23)28-26(20-4-3-5-21(31)14-20)27(29)24-15-22(32)8-11-25(24)34-28/h3-11,14-15,18,28,31-32H,2,12-13,16-17H2,1H3. The molecular weight excluding hydrogens is 433 g/mol. The number of ether oxygens (including phenoxy) is 2. The first-order valence-corrected chi connectivity index (χ1v) is 11.7. The maximum atomic E-state index is 15.8. The highest BCUT2D eigenvalue weighted by molar-refractivity contribution is 5.93. The van der Waals surface area contributed by atoms with Gasteiger partial charge < -0.3 is 19.7 Å². The fourth-order valence-electron chi connectivity index (χ4n) is 4.57. The second-order valence-electron chi connectivity index (χ2n) is 8.91. The summed E-state index contributed by atoms with van der Waals surface area (Å²) in [7, 11) is 0. The number of nitrogens with zero attached hydrogens (tertiary/aromatic N) is 1. The minimum Gasteiger partial charge on any atom is -0.508 e. The Labute approximate surface area is 198 Å². The van der Waals surface area contributed by atoms with Crippen molar-refractivity contribution in [3.63, 3.8) is 0 Å². The third kappa shape index (κ3) is 4.46. The number of phenols is 2. The monoisotopic (exact) mass is 461 g/mol. The summed E-state index contributed by atoms with van der Waals surface area (Å²) in [5.41, 5.74) is 1.75. The third-order valence-electron chi connectivity index (χ3n) is 6.57. The molecule has 0 radical (unpaired) electrons. The molecule has 0 aromatic heterocycles. The number of aromatic hydroxyl groups is 2. The van der Waals surface area contributed by atoms with Gasteiger partial charge in [0.05, 0.1) is 5.56 Å². The van der Waals surface area contributed by atoms with E-state index in [4.69, 9.17) is 9.47 Å². The number of likely N-dealkylation sites (tertiary alicyclic amines) is 1. The second kappa shape index (κ2) is 9.39. The molecule has 3 aromatic rings. The predicted molar refractivity (Wildman–Crippen MR) is 130 cm³/mol. The van der Waals surface area contributed by atoms with Gasteiger partial charge in [-0.2, -0.15) is 0 Å². The van der Waals surface area contributed by atoms with Gasteiger partial charge >= 0.3 is 0 Å². The number of halogens is 1. The summed E-state index contributed by atoms with van der Waals surface area (Å²) >= 11 is 0. The summed E-state index contributed by atoms with van der Waals surface area (Å²) in [6.07, 6.45) is 0.507. The lowest BCUT2D eigenvalue weighted by Crippen LogP contribution is -2.47. The van der Waals surface area contributed by atoms with Crippen LogP contribution in [0.3, 0.4) is 0 Å². The summed E-state index contributed by atoms with van der Waals surface area (Å²) < 4.78 is 27.9. The molecule has 2 aliphatic rings. The molecule has 0 saturated carbocycles. The van der Waals surface area contributed by atoms with Crippen LogP contribution in [0.5, 0.6) is 23.0 Å². The van der Waals surface area contributed by atoms with E-state index in [0.29, 0.717) is 23.5 Å². The zero-order valence-corrected chi connectivity index (χ0v) is 19.1. The first kappa shape index (κ1) is 22.3. The summed E-state index contributed by atoms with van der Waals surface area (Å²) in [5.74, 6) is 1.42. The van der Waals surface area contributed by atoms with Gasteiger partial charge in [-0.05, 0) is 59.5 Å². The van der Waals surface area contributed by atoms with Gasteiger partial charge in [-0.15, -0.1) is 0 Å². The average Bonchev–Trinajstić information content (AvgIpc) is 2.81. The molecule has 0 amide bonds. The molecule has 1 fully saturated rings. The Morgan fingerprint density at radius 1 is 1.00 bits per heavy atom. The highest BCUT2D eigenvalue weighted by atomic mass is 19.1. The van der Waals surface area contributed by atoms with Gasteiger partial charge in [0.15, 0.2) is 6.10 Å². The van der Waals surface area contributed by atoms with Crippen molar-refractivity contribution < 1.29 is 24.1 Å². The maximum Gasteiger partial charge on any atom is 0.152 e. The van der Waals surface area contributed by atoms with Crippen LogP contribution in [0.4, 0.5) is 4.39 Å². The Morgan fingerprint density at radius 3 is 2.50 bits per heavy atom. The lowest BCUT2D eigenvalue weighted by Gasteiger charge is -2.38. The van der Waals surface area contributed by atoms with Crippen LogP contribution >= 0.6 is 0 Å². The molecule has 5 nitrogen and oxygen atoms in total. The van der Waals surface area contributed by atoms with E-state index in [1.165, 1.54) is 30.7 Å². The average molecular weight is 462 g/mol. The lowest BCUT2D eigenvalue weighted by molar-refractivity contribution is 0.0806. The molecule has 2 N–H and O–H groups in total. The molecule has 1 atom stereocenters. The second-order valence-corrected chi connectivity index (χ2v) is 8.91. The Kier molecular flexibility index (Phi) is 6.16. The van der Waals surface area contributed by atoms with Crippen LogP contribution in [0.2, 0.25) is 0 Å². The normalized spacial score (nSPS) is 18.2. The molecule has 176 valence electrons. The van der Waals surface area contributed by atoms with Gasteiger partial charge in [0.2, 0.25) is 0 Å². The third-order valence-corrected chi connectivity index (χ3v) is 6.57. The van der Waals surface area contributed by atoms with E-state index in [-0.39, 0.29) is 17.1 Å². The number of phenolic OH excluding ortho intramolecular Hbond substituents is 2. The van der Waals surface area contributed by atoms with Crippen molar-refractivity contribution in [3.8, 4) is 23.0 Å². The van der Waals surface area contributed by atoms with Gasteiger partial charge in [-0.25, -0.2) is 4.39 Å². The summed E-state index contributed by atoms with van der Waals surface area (Å²) in [5, 5.41) is 19.9. The number of benzene rings is 3. The summed E-state index contributed by atoms with van der Waals surface area (Å²) in [4.78, 5) is 2.39. The fourth-order valence-corrected chi connectivity index (χ4v) is 4.57. The van der Waals surface area contributed by atoms with Crippen molar-refractivity contribution >= 4 is 11.4 Å². The Morgan fingerprint density at radius 2 is 1.76 bits per heavy atom. The first-order chi connectivity index (χ1) is 16.5. The zero-order chi connectivity index (χ0) is 23.7. The number of hydrogen-bond acceptors (Lipinski definition) is 5. The van der Waals surface area contributed by atoms with Gasteiger partial charge in [-0.1, -0.05) is 37.6 Å². The molecule has 2 aliphatic heterocycles. The van der Waals surface area contributed by atoms with E-state index in [1.807, 2.05) is 24.3 Å². The molecule has 0 bridgehead atoms. The van der Waals surface area contributed by atoms with Gasteiger partial charge in [0.25, 0.3) is 0 Å². The zero-order valence-electron chi connectivity index (χ0n) is 19.1. The van der Waals surface area contributed by atoms with Gasteiger partial charge in [0.1, 0.15) is 35.4 Å². The summed E-state index contributed by atoms with van der Waals surface area (Å²) in [6.45, 7) is 6.05. The fraction of sp³-hybridized carbons (Fsp3) is 0.286. The van der Waals surface area contributed by atoms with Crippen LogP contribution < -0.4 is 9.47 Å². The Bertz CT molecular complexity index is 1200. The van der Waals surface area contributed by atoms with Crippen LogP contribution in [0, 0.1) is 5.92 Å². The smallest absolute Gasteiger partial charge is 0.152 e. The maximum absolute atomic E-state index is 15.8. The molecule has 3 aromatic carbocycles. The van der Waals surface area contributed by atoms with E-state index in [9.17, 15) is 10.2 Å². The van der Waals surface area contributed by atoms with Gasteiger partial charge in [0, 0.05) is 25.2 Å². The molecule has 0 spiro atoms. The topological polar surface area (TPSA) is 62.2 Å². The molecule has 2 heterocycles. The van der Waals surface area contributed by atoms with Crippen LogP contribution in [0.15, 0.2) is 66.7 Å². The van der Waals surface area contributed by atoms with Crippen molar-refractivity contribution in [1.29, 1.82) is 0 Å². The molecule has 1 saturated heterocycles.